The van der Waals surface area contributed by atoms with Crippen molar-refractivity contribution in [1.82, 2.24) is 10.2 Å². The lowest BCUT2D eigenvalue weighted by Gasteiger charge is -2.31. The van der Waals surface area contributed by atoms with Gasteiger partial charge in [0, 0.05) is 19.1 Å². The number of nitrogens with zero attached hydrogens (tertiary/aromatic N) is 1. The molecule has 1 aliphatic carbocycles. The lowest BCUT2D eigenvalue weighted by Crippen LogP contribution is -2.46. The second kappa shape index (κ2) is 11.9. The van der Waals surface area contributed by atoms with Crippen LogP contribution in [0.1, 0.15) is 56.1 Å². The SMILES string of the molecule is S=C(NC1CCCCC1)N(CCCc1ccccc1)CCCc1ccccc1. The molecular weight excluding hydrogens is 360 g/mol. The van der Waals surface area contributed by atoms with Gasteiger partial charge in [-0.1, -0.05) is 79.9 Å². The fourth-order valence-corrected chi connectivity index (χ4v) is 4.41. The minimum atomic E-state index is 0.576. The van der Waals surface area contributed by atoms with E-state index in [1.165, 1.54) is 43.2 Å². The van der Waals surface area contributed by atoms with E-state index >= 15 is 0 Å². The molecule has 28 heavy (non-hydrogen) atoms. The molecule has 0 aliphatic heterocycles. The van der Waals surface area contributed by atoms with Gasteiger partial charge in [-0.25, -0.2) is 0 Å². The van der Waals surface area contributed by atoms with Crippen LogP contribution in [0.3, 0.4) is 0 Å². The van der Waals surface area contributed by atoms with Crippen molar-refractivity contribution in [2.75, 3.05) is 13.1 Å². The molecule has 0 amide bonds. The molecule has 2 aromatic carbocycles. The van der Waals surface area contributed by atoms with Crippen LogP contribution in [0.2, 0.25) is 0 Å². The Morgan fingerprint density at radius 2 is 1.29 bits per heavy atom. The maximum absolute atomic E-state index is 5.83. The first-order valence-corrected chi connectivity index (χ1v) is 11.4. The van der Waals surface area contributed by atoms with Crippen LogP contribution in [-0.2, 0) is 12.8 Å². The Balaban J connectivity index is 1.50. The van der Waals surface area contributed by atoms with Gasteiger partial charge in [-0.3, -0.25) is 0 Å². The second-order valence-corrected chi connectivity index (χ2v) is 8.34. The third kappa shape index (κ3) is 7.27. The minimum Gasteiger partial charge on any atom is -0.360 e. The van der Waals surface area contributed by atoms with Gasteiger partial charge in [-0.2, -0.15) is 0 Å². The molecule has 1 saturated carbocycles. The number of thiocarbonyl (C=S) groups is 1. The Morgan fingerprint density at radius 1 is 0.786 bits per heavy atom. The maximum Gasteiger partial charge on any atom is 0.169 e. The van der Waals surface area contributed by atoms with Gasteiger partial charge in [-0.05, 0) is 61.9 Å². The molecule has 150 valence electrons. The Morgan fingerprint density at radius 3 is 1.79 bits per heavy atom. The summed E-state index contributed by atoms with van der Waals surface area (Å²) >= 11 is 5.83. The Kier molecular flexibility index (Phi) is 8.83. The van der Waals surface area contributed by atoms with Crippen molar-refractivity contribution < 1.29 is 0 Å². The highest BCUT2D eigenvalue weighted by atomic mass is 32.1. The molecule has 0 saturated heterocycles. The standard InChI is InChI=1S/C25H34N2S/c28-25(26-24-18-8-3-9-19-24)27(20-10-16-22-12-4-1-5-13-22)21-11-17-23-14-6-2-7-15-23/h1-2,4-7,12-15,24H,3,8-11,16-21H2,(H,26,28). The maximum atomic E-state index is 5.83. The van der Waals surface area contributed by atoms with E-state index in [2.05, 4.69) is 70.9 Å². The van der Waals surface area contributed by atoms with E-state index in [1.807, 2.05) is 0 Å². The third-order valence-corrected chi connectivity index (χ3v) is 6.07. The fourth-order valence-electron chi connectivity index (χ4n) is 4.07. The van der Waals surface area contributed by atoms with Crippen molar-refractivity contribution in [3.05, 3.63) is 71.8 Å². The van der Waals surface area contributed by atoms with Gasteiger partial charge < -0.3 is 10.2 Å². The minimum absolute atomic E-state index is 0.576. The highest BCUT2D eigenvalue weighted by Crippen LogP contribution is 2.18. The largest absolute Gasteiger partial charge is 0.360 e. The van der Waals surface area contributed by atoms with Crippen molar-refractivity contribution in [2.45, 2.75) is 63.8 Å². The molecule has 1 aliphatic rings. The lowest BCUT2D eigenvalue weighted by atomic mass is 9.96. The topological polar surface area (TPSA) is 15.3 Å². The van der Waals surface area contributed by atoms with Crippen LogP contribution in [0.5, 0.6) is 0 Å². The second-order valence-electron chi connectivity index (χ2n) is 7.95. The Hall–Kier alpha value is -1.87. The smallest absolute Gasteiger partial charge is 0.169 e. The zero-order valence-corrected chi connectivity index (χ0v) is 17.8. The van der Waals surface area contributed by atoms with Crippen LogP contribution in [0.25, 0.3) is 0 Å². The predicted molar refractivity (Wildman–Crippen MR) is 124 cm³/mol. The van der Waals surface area contributed by atoms with E-state index < -0.39 is 0 Å². The number of nitrogens with one attached hydrogen (secondary N) is 1. The van der Waals surface area contributed by atoms with Gasteiger partial charge in [0.25, 0.3) is 0 Å². The molecule has 0 heterocycles. The van der Waals surface area contributed by atoms with E-state index in [1.54, 1.807) is 0 Å². The van der Waals surface area contributed by atoms with Gasteiger partial charge in [0.05, 0.1) is 0 Å². The lowest BCUT2D eigenvalue weighted by molar-refractivity contribution is 0.363. The first-order chi connectivity index (χ1) is 13.8. The predicted octanol–water partition coefficient (Wildman–Crippen LogP) is 5.76. The van der Waals surface area contributed by atoms with Crippen molar-refractivity contribution in [1.29, 1.82) is 0 Å². The summed E-state index contributed by atoms with van der Waals surface area (Å²) in [5.41, 5.74) is 2.83. The van der Waals surface area contributed by atoms with E-state index in [0.717, 1.165) is 43.9 Å². The fraction of sp³-hybridized carbons (Fsp3) is 0.480. The average Bonchev–Trinajstić information content (AvgIpc) is 2.75. The molecule has 2 nitrogen and oxygen atoms in total. The molecule has 0 spiro atoms. The number of hydrogen-bond acceptors (Lipinski definition) is 1. The van der Waals surface area contributed by atoms with Gasteiger partial charge in [0.15, 0.2) is 5.11 Å². The van der Waals surface area contributed by atoms with E-state index in [0.29, 0.717) is 6.04 Å². The van der Waals surface area contributed by atoms with Gasteiger partial charge >= 0.3 is 0 Å². The molecule has 0 radical (unpaired) electrons. The normalized spacial score (nSPS) is 14.6. The number of rotatable bonds is 9. The van der Waals surface area contributed by atoms with Crippen LogP contribution in [0, 0.1) is 0 Å². The number of aryl methyl sites for hydroxylation is 2. The van der Waals surface area contributed by atoms with Crippen LogP contribution in [0.15, 0.2) is 60.7 Å². The molecule has 0 atom stereocenters. The highest BCUT2D eigenvalue weighted by molar-refractivity contribution is 7.80. The molecule has 3 rings (SSSR count). The zero-order valence-electron chi connectivity index (χ0n) is 17.0. The van der Waals surface area contributed by atoms with Crippen molar-refractivity contribution >= 4 is 17.3 Å². The van der Waals surface area contributed by atoms with Crippen molar-refractivity contribution in [2.24, 2.45) is 0 Å². The molecule has 0 aromatic heterocycles. The average molecular weight is 395 g/mol. The molecule has 3 heteroatoms. The monoisotopic (exact) mass is 394 g/mol. The summed E-state index contributed by atoms with van der Waals surface area (Å²) in [5, 5.41) is 4.64. The summed E-state index contributed by atoms with van der Waals surface area (Å²) in [6.07, 6.45) is 11.1. The highest BCUT2D eigenvalue weighted by Gasteiger charge is 2.17. The summed E-state index contributed by atoms with van der Waals surface area (Å²) in [6.45, 7) is 2.06. The summed E-state index contributed by atoms with van der Waals surface area (Å²) in [6, 6.07) is 22.1. The first-order valence-electron chi connectivity index (χ1n) is 10.9. The summed E-state index contributed by atoms with van der Waals surface area (Å²) in [5.74, 6) is 0. The molecule has 1 N–H and O–H groups in total. The van der Waals surface area contributed by atoms with Crippen LogP contribution >= 0.6 is 12.2 Å². The van der Waals surface area contributed by atoms with Crippen LogP contribution < -0.4 is 5.32 Å². The zero-order chi connectivity index (χ0) is 19.4. The summed E-state index contributed by atoms with van der Waals surface area (Å²) in [4.78, 5) is 2.41. The Labute approximate surface area is 176 Å². The van der Waals surface area contributed by atoms with E-state index in [4.69, 9.17) is 12.2 Å². The molecule has 0 unspecified atom stereocenters. The first kappa shape index (κ1) is 20.9. The van der Waals surface area contributed by atoms with E-state index in [-0.39, 0.29) is 0 Å². The Bertz CT molecular complexity index is 635. The quantitative estimate of drug-likeness (QED) is 0.544. The van der Waals surface area contributed by atoms with Gasteiger partial charge in [0.2, 0.25) is 0 Å². The molecule has 2 aromatic rings. The summed E-state index contributed by atoms with van der Waals surface area (Å²) < 4.78 is 0. The molecule has 1 fully saturated rings. The molecular formula is C25H34N2S. The van der Waals surface area contributed by atoms with Crippen molar-refractivity contribution in [3.63, 3.8) is 0 Å². The van der Waals surface area contributed by atoms with Crippen molar-refractivity contribution in [3.8, 4) is 0 Å². The number of benzene rings is 2. The van der Waals surface area contributed by atoms with Gasteiger partial charge in [-0.15, -0.1) is 0 Å². The van der Waals surface area contributed by atoms with Crippen LogP contribution in [-0.4, -0.2) is 29.1 Å². The molecule has 0 bridgehead atoms. The summed E-state index contributed by atoms with van der Waals surface area (Å²) in [7, 11) is 0. The number of hydrogen-bond donors (Lipinski definition) is 1. The van der Waals surface area contributed by atoms with E-state index in [9.17, 15) is 0 Å². The third-order valence-electron chi connectivity index (χ3n) is 5.69. The van der Waals surface area contributed by atoms with Gasteiger partial charge in [0.1, 0.15) is 0 Å². The van der Waals surface area contributed by atoms with Crippen LogP contribution in [0.4, 0.5) is 0 Å².